The molecule has 0 saturated heterocycles. The molecule has 0 spiro atoms. The lowest BCUT2D eigenvalue weighted by molar-refractivity contribution is -0.150. The van der Waals surface area contributed by atoms with Gasteiger partial charge >= 0.3 is 5.97 Å². The van der Waals surface area contributed by atoms with Gasteiger partial charge in [0.1, 0.15) is 12.4 Å². The second-order valence-corrected chi connectivity index (χ2v) is 10.1. The largest absolute Gasteiger partial charge is 0.462 e. The monoisotopic (exact) mass is 466 g/mol. The van der Waals surface area contributed by atoms with Gasteiger partial charge in [-0.2, -0.15) is 0 Å². The SMILES string of the molecule is CCCCCCCCCCCCCCCC(=O)O[C@@H](CC=O)CCCCCCCCCCC. The first kappa shape index (κ1) is 32.1. The number of ether oxygens (including phenoxy) is 1. The lowest BCUT2D eigenvalue weighted by Gasteiger charge is -2.15. The molecule has 0 saturated carbocycles. The zero-order valence-electron chi connectivity index (χ0n) is 22.6. The molecule has 0 rings (SSSR count). The molecule has 0 aromatic rings. The van der Waals surface area contributed by atoms with Crippen molar-refractivity contribution in [2.24, 2.45) is 0 Å². The van der Waals surface area contributed by atoms with Gasteiger partial charge in [0.25, 0.3) is 0 Å². The molecular formula is C30H58O3. The summed E-state index contributed by atoms with van der Waals surface area (Å²) >= 11 is 0. The lowest BCUT2D eigenvalue weighted by Crippen LogP contribution is -2.18. The molecule has 0 amide bonds. The summed E-state index contributed by atoms with van der Waals surface area (Å²) in [7, 11) is 0. The third kappa shape index (κ3) is 25.6. The zero-order chi connectivity index (χ0) is 24.2. The van der Waals surface area contributed by atoms with Crippen LogP contribution < -0.4 is 0 Å². The van der Waals surface area contributed by atoms with Gasteiger partial charge in [0.15, 0.2) is 0 Å². The molecule has 0 N–H and O–H groups in total. The van der Waals surface area contributed by atoms with Gasteiger partial charge in [0, 0.05) is 12.8 Å². The van der Waals surface area contributed by atoms with Crippen LogP contribution in [-0.2, 0) is 14.3 Å². The van der Waals surface area contributed by atoms with Crippen molar-refractivity contribution < 1.29 is 14.3 Å². The van der Waals surface area contributed by atoms with Crippen molar-refractivity contribution >= 4 is 12.3 Å². The summed E-state index contributed by atoms with van der Waals surface area (Å²) in [4.78, 5) is 23.1. The van der Waals surface area contributed by atoms with Crippen molar-refractivity contribution in [2.75, 3.05) is 0 Å². The van der Waals surface area contributed by atoms with Crippen molar-refractivity contribution in [1.82, 2.24) is 0 Å². The van der Waals surface area contributed by atoms with Crippen molar-refractivity contribution in [1.29, 1.82) is 0 Å². The number of carbonyl (C=O) groups is 2. The molecule has 0 fully saturated rings. The Morgan fingerprint density at radius 2 is 0.939 bits per heavy atom. The summed E-state index contributed by atoms with van der Waals surface area (Å²) in [5.74, 6) is -0.110. The average molecular weight is 467 g/mol. The van der Waals surface area contributed by atoms with Crippen LogP contribution in [0.5, 0.6) is 0 Å². The van der Waals surface area contributed by atoms with E-state index in [1.54, 1.807) is 0 Å². The van der Waals surface area contributed by atoms with Crippen molar-refractivity contribution in [3.8, 4) is 0 Å². The predicted octanol–water partition coefficient (Wildman–Crippen LogP) is 9.89. The minimum Gasteiger partial charge on any atom is -0.462 e. The third-order valence-electron chi connectivity index (χ3n) is 6.77. The Hall–Kier alpha value is -0.860. The van der Waals surface area contributed by atoms with Crippen LogP contribution in [0.2, 0.25) is 0 Å². The zero-order valence-corrected chi connectivity index (χ0v) is 22.6. The molecular weight excluding hydrogens is 408 g/mol. The Kier molecular flexibility index (Phi) is 26.7. The second kappa shape index (κ2) is 27.4. The van der Waals surface area contributed by atoms with Gasteiger partial charge in [-0.3, -0.25) is 4.79 Å². The number of hydrogen-bond acceptors (Lipinski definition) is 3. The van der Waals surface area contributed by atoms with Crippen LogP contribution in [-0.4, -0.2) is 18.4 Å². The number of esters is 1. The Morgan fingerprint density at radius 1 is 0.576 bits per heavy atom. The van der Waals surface area contributed by atoms with Crippen molar-refractivity contribution in [3.63, 3.8) is 0 Å². The quantitative estimate of drug-likeness (QED) is 0.0687. The molecule has 0 bridgehead atoms. The summed E-state index contributed by atoms with van der Waals surface area (Å²) in [5, 5.41) is 0. The van der Waals surface area contributed by atoms with E-state index in [2.05, 4.69) is 13.8 Å². The van der Waals surface area contributed by atoms with E-state index in [1.165, 1.54) is 122 Å². The van der Waals surface area contributed by atoms with E-state index in [1.807, 2.05) is 0 Å². The number of unbranched alkanes of at least 4 members (excludes halogenated alkanes) is 20. The molecule has 0 aliphatic heterocycles. The lowest BCUT2D eigenvalue weighted by atomic mass is 10.0. The predicted molar refractivity (Wildman–Crippen MR) is 143 cm³/mol. The smallest absolute Gasteiger partial charge is 0.306 e. The Bertz CT molecular complexity index is 407. The van der Waals surface area contributed by atoms with Crippen LogP contribution in [0.4, 0.5) is 0 Å². The number of carbonyl (C=O) groups excluding carboxylic acids is 2. The van der Waals surface area contributed by atoms with E-state index >= 15 is 0 Å². The number of aldehydes is 1. The third-order valence-corrected chi connectivity index (χ3v) is 6.77. The van der Waals surface area contributed by atoms with E-state index in [9.17, 15) is 9.59 Å². The van der Waals surface area contributed by atoms with Gasteiger partial charge in [0.05, 0.1) is 0 Å². The minimum atomic E-state index is -0.207. The number of rotatable bonds is 27. The van der Waals surface area contributed by atoms with E-state index in [-0.39, 0.29) is 12.1 Å². The van der Waals surface area contributed by atoms with Gasteiger partial charge < -0.3 is 9.53 Å². The maximum absolute atomic E-state index is 12.2. The van der Waals surface area contributed by atoms with Gasteiger partial charge in [-0.25, -0.2) is 0 Å². The minimum absolute atomic E-state index is 0.110. The molecule has 196 valence electrons. The molecule has 0 aliphatic rings. The van der Waals surface area contributed by atoms with Crippen LogP contribution >= 0.6 is 0 Å². The molecule has 0 aromatic heterocycles. The van der Waals surface area contributed by atoms with Gasteiger partial charge in [-0.05, 0) is 19.3 Å². The van der Waals surface area contributed by atoms with Crippen LogP contribution in [0.15, 0.2) is 0 Å². The molecule has 33 heavy (non-hydrogen) atoms. The first-order chi connectivity index (χ1) is 16.2. The molecule has 3 nitrogen and oxygen atoms in total. The fourth-order valence-corrected chi connectivity index (χ4v) is 4.55. The first-order valence-corrected chi connectivity index (χ1v) is 14.9. The summed E-state index contributed by atoms with van der Waals surface area (Å²) < 4.78 is 5.60. The topological polar surface area (TPSA) is 43.4 Å². The average Bonchev–Trinajstić information content (AvgIpc) is 2.81. The molecule has 0 aromatic carbocycles. The highest BCUT2D eigenvalue weighted by Crippen LogP contribution is 2.16. The maximum atomic E-state index is 12.2. The summed E-state index contributed by atoms with van der Waals surface area (Å²) in [6, 6.07) is 0. The van der Waals surface area contributed by atoms with E-state index in [0.29, 0.717) is 12.8 Å². The van der Waals surface area contributed by atoms with E-state index in [0.717, 1.165) is 32.0 Å². The van der Waals surface area contributed by atoms with Crippen molar-refractivity contribution in [2.45, 2.75) is 180 Å². The highest BCUT2D eigenvalue weighted by atomic mass is 16.5. The molecule has 1 atom stereocenters. The van der Waals surface area contributed by atoms with Crippen LogP contribution in [0.1, 0.15) is 174 Å². The molecule has 3 heteroatoms. The maximum Gasteiger partial charge on any atom is 0.306 e. The first-order valence-electron chi connectivity index (χ1n) is 14.9. The van der Waals surface area contributed by atoms with E-state index in [4.69, 9.17) is 4.74 Å². The molecule has 0 heterocycles. The van der Waals surface area contributed by atoms with Crippen LogP contribution in [0.25, 0.3) is 0 Å². The Labute approximate surface area is 207 Å². The van der Waals surface area contributed by atoms with E-state index < -0.39 is 0 Å². The second-order valence-electron chi connectivity index (χ2n) is 10.1. The van der Waals surface area contributed by atoms with Gasteiger partial charge in [-0.1, -0.05) is 142 Å². The fourth-order valence-electron chi connectivity index (χ4n) is 4.55. The molecule has 0 unspecified atom stereocenters. The van der Waals surface area contributed by atoms with Crippen LogP contribution in [0, 0.1) is 0 Å². The highest BCUT2D eigenvalue weighted by Gasteiger charge is 2.13. The summed E-state index contributed by atoms with van der Waals surface area (Å²) in [6.45, 7) is 4.52. The summed E-state index contributed by atoms with van der Waals surface area (Å²) in [5.41, 5.74) is 0. The molecule has 0 radical (unpaired) electrons. The molecule has 0 aliphatic carbocycles. The normalized spacial score (nSPS) is 12.1. The Morgan fingerprint density at radius 3 is 1.33 bits per heavy atom. The van der Waals surface area contributed by atoms with Crippen molar-refractivity contribution in [3.05, 3.63) is 0 Å². The highest BCUT2D eigenvalue weighted by molar-refractivity contribution is 5.69. The van der Waals surface area contributed by atoms with Gasteiger partial charge in [0.2, 0.25) is 0 Å². The van der Waals surface area contributed by atoms with Gasteiger partial charge in [-0.15, -0.1) is 0 Å². The van der Waals surface area contributed by atoms with Crippen LogP contribution in [0.3, 0.4) is 0 Å². The summed E-state index contributed by atoms with van der Waals surface area (Å²) in [6.07, 6.45) is 30.9. The fraction of sp³-hybridized carbons (Fsp3) is 0.933. The standard InChI is InChI=1S/C30H58O3/c1-3-5-7-9-11-13-14-15-16-18-20-22-24-26-30(32)33-29(27-28-31)25-23-21-19-17-12-10-8-6-4-2/h28-29H,3-27H2,1-2H3/t29-/m1/s1. The Balaban J connectivity index is 3.54. The number of hydrogen-bond donors (Lipinski definition) is 0.